The Hall–Kier alpha value is -1.88. The highest BCUT2D eigenvalue weighted by Crippen LogP contribution is 2.29. The van der Waals surface area contributed by atoms with Gasteiger partial charge in [0.15, 0.2) is 6.10 Å². The Morgan fingerprint density at radius 2 is 1.78 bits per heavy atom. The quantitative estimate of drug-likeness (QED) is 0.729. The minimum absolute atomic E-state index is 0.155. The maximum absolute atomic E-state index is 12.4. The Labute approximate surface area is 162 Å². The molecule has 2 rings (SSSR count). The smallest absolute Gasteiger partial charge is 0.338 e. The Morgan fingerprint density at radius 1 is 1.11 bits per heavy atom. The molecule has 4 atom stereocenters. The molecule has 1 fully saturated rings. The Morgan fingerprint density at radius 3 is 2.41 bits per heavy atom. The van der Waals surface area contributed by atoms with E-state index in [1.807, 2.05) is 26.0 Å². The average Bonchev–Trinajstić information content (AvgIpc) is 2.64. The molecule has 0 saturated heterocycles. The molecule has 1 saturated carbocycles. The molecule has 1 N–H and O–H groups in total. The molecule has 0 unspecified atom stereocenters. The molecule has 0 heterocycles. The molecular weight excluding hydrogens is 342 g/mol. The molecule has 0 aromatic heterocycles. The van der Waals surface area contributed by atoms with Crippen molar-refractivity contribution in [2.75, 3.05) is 0 Å². The average molecular weight is 376 g/mol. The standard InChI is InChI=1S/C22H33NO4/c1-14(2)26-13-18-9-11-19(12-10-18)22(25)27-17(5)21(24)23-20-8-6-7-15(3)16(20)4/h9-12,14-17,20H,6-8,13H2,1-5H3,(H,23,24)/t15-,16+,17+,20-/m0/s1. The van der Waals surface area contributed by atoms with Gasteiger partial charge in [0.2, 0.25) is 0 Å². The van der Waals surface area contributed by atoms with Crippen LogP contribution in [-0.4, -0.2) is 30.1 Å². The molecule has 0 bridgehead atoms. The maximum atomic E-state index is 12.4. The SMILES string of the molecule is CC(C)OCc1ccc(C(=O)O[C@H](C)C(=O)N[C@H]2CCC[C@H](C)[C@H]2C)cc1. The normalized spacial score (nSPS) is 23.7. The number of nitrogens with one attached hydrogen (secondary N) is 1. The second-order valence-corrected chi connectivity index (χ2v) is 7.99. The van der Waals surface area contributed by atoms with Gasteiger partial charge in [-0.3, -0.25) is 4.79 Å². The molecular formula is C22H33NO4. The van der Waals surface area contributed by atoms with Crippen LogP contribution >= 0.6 is 0 Å². The number of hydrogen-bond acceptors (Lipinski definition) is 4. The number of carbonyl (C=O) groups is 2. The van der Waals surface area contributed by atoms with Crippen molar-refractivity contribution >= 4 is 11.9 Å². The summed E-state index contributed by atoms with van der Waals surface area (Å²) in [5.41, 5.74) is 1.43. The van der Waals surface area contributed by atoms with Crippen LogP contribution in [0.1, 0.15) is 69.8 Å². The summed E-state index contributed by atoms with van der Waals surface area (Å²) in [5.74, 6) is 0.321. The highest BCUT2D eigenvalue weighted by Gasteiger charge is 2.30. The van der Waals surface area contributed by atoms with Gasteiger partial charge < -0.3 is 14.8 Å². The third kappa shape index (κ3) is 6.35. The third-order valence-electron chi connectivity index (χ3n) is 5.46. The lowest BCUT2D eigenvalue weighted by Crippen LogP contribution is -2.47. The fourth-order valence-electron chi connectivity index (χ4n) is 3.37. The van der Waals surface area contributed by atoms with Crippen molar-refractivity contribution in [2.24, 2.45) is 11.8 Å². The van der Waals surface area contributed by atoms with Gasteiger partial charge in [0.1, 0.15) is 0 Å². The highest BCUT2D eigenvalue weighted by atomic mass is 16.5. The number of carbonyl (C=O) groups excluding carboxylic acids is 2. The van der Waals surface area contributed by atoms with Crippen molar-refractivity contribution in [3.63, 3.8) is 0 Å². The fourth-order valence-corrected chi connectivity index (χ4v) is 3.37. The van der Waals surface area contributed by atoms with Crippen LogP contribution in [0, 0.1) is 11.8 Å². The van der Waals surface area contributed by atoms with E-state index in [1.165, 1.54) is 6.42 Å². The van der Waals surface area contributed by atoms with E-state index >= 15 is 0 Å². The number of esters is 1. The Balaban J connectivity index is 1.86. The molecule has 1 aromatic carbocycles. The van der Waals surface area contributed by atoms with E-state index in [0.29, 0.717) is 24.0 Å². The van der Waals surface area contributed by atoms with Crippen LogP contribution in [0.5, 0.6) is 0 Å². The minimum Gasteiger partial charge on any atom is -0.449 e. The first kappa shape index (κ1) is 21.4. The van der Waals surface area contributed by atoms with Crippen molar-refractivity contribution in [3.8, 4) is 0 Å². The van der Waals surface area contributed by atoms with Crippen LogP contribution < -0.4 is 5.32 Å². The summed E-state index contributed by atoms with van der Waals surface area (Å²) >= 11 is 0. The van der Waals surface area contributed by atoms with Gasteiger partial charge in [-0.05, 0) is 56.7 Å². The van der Waals surface area contributed by atoms with Crippen LogP contribution in [0.4, 0.5) is 0 Å². The largest absolute Gasteiger partial charge is 0.449 e. The van der Waals surface area contributed by atoms with Crippen molar-refractivity contribution in [1.29, 1.82) is 0 Å². The van der Waals surface area contributed by atoms with Gasteiger partial charge in [0, 0.05) is 6.04 Å². The van der Waals surface area contributed by atoms with Crippen molar-refractivity contribution < 1.29 is 19.1 Å². The molecule has 0 radical (unpaired) electrons. The van der Waals surface area contributed by atoms with E-state index in [9.17, 15) is 9.59 Å². The molecule has 150 valence electrons. The fraction of sp³-hybridized carbons (Fsp3) is 0.636. The van der Waals surface area contributed by atoms with Crippen LogP contribution in [0.3, 0.4) is 0 Å². The third-order valence-corrected chi connectivity index (χ3v) is 5.46. The zero-order valence-electron chi connectivity index (χ0n) is 17.2. The van der Waals surface area contributed by atoms with Crippen molar-refractivity contribution in [3.05, 3.63) is 35.4 Å². The predicted molar refractivity (Wildman–Crippen MR) is 105 cm³/mol. The van der Waals surface area contributed by atoms with Gasteiger partial charge in [-0.25, -0.2) is 4.79 Å². The monoisotopic (exact) mass is 375 g/mol. The minimum atomic E-state index is -0.814. The van der Waals surface area contributed by atoms with Gasteiger partial charge >= 0.3 is 5.97 Å². The molecule has 1 amide bonds. The van der Waals surface area contributed by atoms with Gasteiger partial charge in [-0.15, -0.1) is 0 Å². The van der Waals surface area contributed by atoms with Crippen LogP contribution in [0.25, 0.3) is 0 Å². The van der Waals surface area contributed by atoms with Crippen molar-refractivity contribution in [2.45, 2.75) is 78.7 Å². The molecule has 1 aromatic rings. The van der Waals surface area contributed by atoms with Gasteiger partial charge in [0.25, 0.3) is 5.91 Å². The Kier molecular flexibility index (Phi) is 7.84. The lowest BCUT2D eigenvalue weighted by Gasteiger charge is -2.35. The number of benzene rings is 1. The summed E-state index contributed by atoms with van der Waals surface area (Å²) in [5, 5.41) is 3.06. The maximum Gasteiger partial charge on any atom is 0.338 e. The first-order valence-corrected chi connectivity index (χ1v) is 9.99. The summed E-state index contributed by atoms with van der Waals surface area (Å²) in [6, 6.07) is 7.25. The zero-order valence-corrected chi connectivity index (χ0v) is 17.2. The summed E-state index contributed by atoms with van der Waals surface area (Å²) in [4.78, 5) is 24.7. The first-order chi connectivity index (χ1) is 12.8. The van der Waals surface area contributed by atoms with E-state index in [2.05, 4.69) is 19.2 Å². The molecule has 1 aliphatic rings. The number of amides is 1. The molecule has 5 nitrogen and oxygen atoms in total. The van der Waals surface area contributed by atoms with E-state index in [-0.39, 0.29) is 18.1 Å². The predicted octanol–water partition coefficient (Wildman–Crippen LogP) is 4.10. The summed E-state index contributed by atoms with van der Waals surface area (Å²) in [7, 11) is 0. The topological polar surface area (TPSA) is 64.6 Å². The lowest BCUT2D eigenvalue weighted by atomic mass is 9.78. The molecule has 0 aliphatic heterocycles. The molecule has 27 heavy (non-hydrogen) atoms. The zero-order chi connectivity index (χ0) is 20.0. The molecule has 1 aliphatic carbocycles. The van der Waals surface area contributed by atoms with Gasteiger partial charge in [-0.2, -0.15) is 0 Å². The van der Waals surface area contributed by atoms with E-state index < -0.39 is 12.1 Å². The first-order valence-electron chi connectivity index (χ1n) is 9.99. The number of ether oxygens (including phenoxy) is 2. The van der Waals surface area contributed by atoms with E-state index in [1.54, 1.807) is 19.1 Å². The number of rotatable bonds is 7. The number of hydrogen-bond donors (Lipinski definition) is 1. The van der Waals surface area contributed by atoms with E-state index in [0.717, 1.165) is 18.4 Å². The lowest BCUT2D eigenvalue weighted by molar-refractivity contribution is -0.130. The highest BCUT2D eigenvalue weighted by molar-refractivity contribution is 5.92. The van der Waals surface area contributed by atoms with Gasteiger partial charge in [-0.1, -0.05) is 38.8 Å². The second kappa shape index (κ2) is 9.88. The van der Waals surface area contributed by atoms with Crippen LogP contribution in [-0.2, 0) is 20.9 Å². The summed E-state index contributed by atoms with van der Waals surface area (Å²) in [6.07, 6.45) is 2.65. The molecule has 0 spiro atoms. The summed E-state index contributed by atoms with van der Waals surface area (Å²) < 4.78 is 10.9. The molecule has 5 heteroatoms. The van der Waals surface area contributed by atoms with E-state index in [4.69, 9.17) is 9.47 Å². The van der Waals surface area contributed by atoms with Crippen LogP contribution in [0.2, 0.25) is 0 Å². The van der Waals surface area contributed by atoms with Crippen LogP contribution in [0.15, 0.2) is 24.3 Å². The second-order valence-electron chi connectivity index (χ2n) is 7.99. The Bertz CT molecular complexity index is 626. The van der Waals surface area contributed by atoms with Crippen molar-refractivity contribution in [1.82, 2.24) is 5.32 Å². The summed E-state index contributed by atoms with van der Waals surface area (Å²) in [6.45, 7) is 10.5. The van der Waals surface area contributed by atoms with Gasteiger partial charge in [0.05, 0.1) is 18.3 Å².